The van der Waals surface area contributed by atoms with Crippen LogP contribution in [0.2, 0.25) is 10.0 Å². The van der Waals surface area contributed by atoms with E-state index in [1.54, 1.807) is 7.11 Å². The Kier molecular flexibility index (Phi) is 7.11. The Morgan fingerprint density at radius 2 is 1.71 bits per heavy atom. The van der Waals surface area contributed by atoms with Crippen LogP contribution < -0.4 is 14.8 Å². The van der Waals surface area contributed by atoms with Gasteiger partial charge < -0.3 is 14.8 Å². The van der Waals surface area contributed by atoms with E-state index in [0.29, 0.717) is 29.7 Å². The summed E-state index contributed by atoms with van der Waals surface area (Å²) < 4.78 is 12.5. The molecule has 0 saturated carbocycles. The van der Waals surface area contributed by atoms with Gasteiger partial charge in [-0.05, 0) is 60.0 Å². The molecule has 28 heavy (non-hydrogen) atoms. The monoisotopic (exact) mass is 479 g/mol. The van der Waals surface area contributed by atoms with Crippen molar-refractivity contribution in [2.75, 3.05) is 12.4 Å². The van der Waals surface area contributed by atoms with Crippen molar-refractivity contribution in [3.8, 4) is 11.5 Å². The van der Waals surface area contributed by atoms with E-state index in [2.05, 4.69) is 21.2 Å². The van der Waals surface area contributed by atoms with E-state index in [1.165, 1.54) is 0 Å². The molecule has 3 aromatic carbocycles. The average Bonchev–Trinajstić information content (AvgIpc) is 2.69. The molecule has 0 atom stereocenters. The fourth-order valence-corrected chi connectivity index (χ4v) is 3.47. The third kappa shape index (κ3) is 5.13. The lowest BCUT2D eigenvalue weighted by molar-refractivity contribution is 0.284. The third-order valence-electron chi connectivity index (χ3n) is 4.34. The smallest absolute Gasteiger partial charge is 0.180 e. The second-order valence-electron chi connectivity index (χ2n) is 6.29. The molecule has 0 aromatic heterocycles. The molecule has 0 unspecified atom stereocenters. The highest BCUT2D eigenvalue weighted by atomic mass is 79.9. The van der Waals surface area contributed by atoms with Crippen molar-refractivity contribution in [2.24, 2.45) is 0 Å². The maximum Gasteiger partial charge on any atom is 0.180 e. The average molecular weight is 481 g/mol. The minimum absolute atomic E-state index is 0.405. The van der Waals surface area contributed by atoms with Gasteiger partial charge in [-0.15, -0.1) is 0 Å². The number of nitrogens with one attached hydrogen (secondary N) is 1. The molecule has 3 rings (SSSR count). The first kappa shape index (κ1) is 20.8. The summed E-state index contributed by atoms with van der Waals surface area (Å²) in [7, 11) is 1.61. The molecule has 3 aromatic rings. The maximum atomic E-state index is 6.48. The van der Waals surface area contributed by atoms with Crippen molar-refractivity contribution in [1.82, 2.24) is 0 Å². The van der Waals surface area contributed by atoms with E-state index in [0.717, 1.165) is 31.9 Å². The van der Waals surface area contributed by atoms with Crippen molar-refractivity contribution in [2.45, 2.75) is 20.1 Å². The third-order valence-corrected chi connectivity index (χ3v) is 5.56. The van der Waals surface area contributed by atoms with Crippen LogP contribution in [0.1, 0.15) is 16.7 Å². The van der Waals surface area contributed by atoms with Gasteiger partial charge in [0.15, 0.2) is 11.5 Å². The summed E-state index contributed by atoms with van der Waals surface area (Å²) in [6.07, 6.45) is 0. The number of halogens is 3. The minimum atomic E-state index is 0.405. The van der Waals surface area contributed by atoms with Gasteiger partial charge in [-0.25, -0.2) is 0 Å². The predicted octanol–water partition coefficient (Wildman–Crippen LogP) is 7.26. The molecule has 0 amide bonds. The van der Waals surface area contributed by atoms with E-state index < -0.39 is 0 Å². The number of ether oxygens (including phenoxy) is 2. The summed E-state index contributed by atoms with van der Waals surface area (Å²) in [6.45, 7) is 2.98. The van der Waals surface area contributed by atoms with Crippen molar-refractivity contribution in [3.63, 3.8) is 0 Å². The van der Waals surface area contributed by atoms with Crippen LogP contribution in [0.25, 0.3) is 0 Å². The van der Waals surface area contributed by atoms with Crippen LogP contribution in [0.4, 0.5) is 5.69 Å². The molecule has 0 spiro atoms. The normalized spacial score (nSPS) is 10.6. The standard InChI is InChI=1S/C22H20BrCl2NO2/c1-14-18(24)4-3-5-20(14)26-12-16-10-19(25)22(21(11-16)27-2)28-13-15-6-8-17(23)9-7-15/h3-11,26H,12-13H2,1-2H3. The number of hydrogen-bond donors (Lipinski definition) is 1. The van der Waals surface area contributed by atoms with Crippen molar-refractivity contribution >= 4 is 44.8 Å². The van der Waals surface area contributed by atoms with Gasteiger partial charge in [0.2, 0.25) is 0 Å². The predicted molar refractivity (Wildman–Crippen MR) is 120 cm³/mol. The van der Waals surface area contributed by atoms with Gasteiger partial charge in [-0.1, -0.05) is 57.3 Å². The zero-order valence-electron chi connectivity index (χ0n) is 15.6. The quantitative estimate of drug-likeness (QED) is 0.385. The second kappa shape index (κ2) is 9.55. The minimum Gasteiger partial charge on any atom is -0.493 e. The Labute approximate surface area is 183 Å². The highest BCUT2D eigenvalue weighted by Gasteiger charge is 2.13. The van der Waals surface area contributed by atoms with Gasteiger partial charge in [0, 0.05) is 21.7 Å². The maximum absolute atomic E-state index is 6.48. The van der Waals surface area contributed by atoms with Crippen LogP contribution in [0.3, 0.4) is 0 Å². The number of hydrogen-bond acceptors (Lipinski definition) is 3. The number of rotatable bonds is 7. The lowest BCUT2D eigenvalue weighted by atomic mass is 10.1. The molecule has 0 aliphatic carbocycles. The number of benzene rings is 3. The fourth-order valence-electron chi connectivity index (χ4n) is 2.75. The van der Waals surface area contributed by atoms with Gasteiger partial charge >= 0.3 is 0 Å². The van der Waals surface area contributed by atoms with Crippen LogP contribution in [-0.4, -0.2) is 7.11 Å². The zero-order valence-corrected chi connectivity index (χ0v) is 18.7. The Hall–Kier alpha value is -1.88. The first-order valence-corrected chi connectivity index (χ1v) is 10.3. The molecular weight excluding hydrogens is 461 g/mol. The first-order chi connectivity index (χ1) is 13.5. The van der Waals surface area contributed by atoms with Crippen LogP contribution in [-0.2, 0) is 13.2 Å². The van der Waals surface area contributed by atoms with E-state index >= 15 is 0 Å². The van der Waals surface area contributed by atoms with Gasteiger partial charge in [0.05, 0.1) is 12.1 Å². The Bertz CT molecular complexity index is 961. The molecule has 0 saturated heterocycles. The number of methoxy groups -OCH3 is 1. The van der Waals surface area contributed by atoms with Gasteiger partial charge in [-0.3, -0.25) is 0 Å². The fraction of sp³-hybridized carbons (Fsp3) is 0.182. The van der Waals surface area contributed by atoms with Crippen LogP contribution in [0.5, 0.6) is 11.5 Å². The van der Waals surface area contributed by atoms with E-state index in [1.807, 2.05) is 61.5 Å². The molecule has 6 heteroatoms. The summed E-state index contributed by atoms with van der Waals surface area (Å²) in [5.74, 6) is 1.14. The molecule has 0 fully saturated rings. The summed E-state index contributed by atoms with van der Waals surface area (Å²) in [5, 5.41) is 4.63. The molecule has 1 N–H and O–H groups in total. The Morgan fingerprint density at radius 1 is 0.964 bits per heavy atom. The topological polar surface area (TPSA) is 30.5 Å². The molecule has 0 bridgehead atoms. The number of anilines is 1. The summed E-state index contributed by atoms with van der Waals surface area (Å²) in [6, 6.07) is 17.5. The van der Waals surface area contributed by atoms with Crippen molar-refractivity contribution < 1.29 is 9.47 Å². The molecular formula is C22H20BrCl2NO2. The lowest BCUT2D eigenvalue weighted by Gasteiger charge is -2.16. The summed E-state index contributed by atoms with van der Waals surface area (Å²) >= 11 is 16.1. The molecule has 0 aliphatic rings. The summed E-state index contributed by atoms with van der Waals surface area (Å²) in [4.78, 5) is 0. The highest BCUT2D eigenvalue weighted by Crippen LogP contribution is 2.37. The molecule has 0 radical (unpaired) electrons. The molecule has 0 aliphatic heterocycles. The summed E-state index contributed by atoms with van der Waals surface area (Å²) in [5.41, 5.74) is 4.02. The first-order valence-electron chi connectivity index (χ1n) is 8.70. The molecule has 3 nitrogen and oxygen atoms in total. The highest BCUT2D eigenvalue weighted by molar-refractivity contribution is 9.10. The Balaban J connectivity index is 1.73. The van der Waals surface area contributed by atoms with Gasteiger partial charge in [0.1, 0.15) is 6.61 Å². The van der Waals surface area contributed by atoms with Crippen molar-refractivity contribution in [1.29, 1.82) is 0 Å². The largest absolute Gasteiger partial charge is 0.493 e. The van der Waals surface area contributed by atoms with Gasteiger partial charge in [-0.2, -0.15) is 0 Å². The van der Waals surface area contributed by atoms with E-state index in [4.69, 9.17) is 32.7 Å². The SMILES string of the molecule is COc1cc(CNc2cccc(Cl)c2C)cc(Cl)c1OCc1ccc(Br)cc1. The van der Waals surface area contributed by atoms with Crippen LogP contribution >= 0.6 is 39.1 Å². The molecule has 146 valence electrons. The van der Waals surface area contributed by atoms with E-state index in [9.17, 15) is 0 Å². The van der Waals surface area contributed by atoms with Crippen LogP contribution in [0.15, 0.2) is 59.1 Å². The van der Waals surface area contributed by atoms with E-state index in [-0.39, 0.29) is 0 Å². The molecule has 0 heterocycles. The second-order valence-corrected chi connectivity index (χ2v) is 8.02. The Morgan fingerprint density at radius 3 is 2.43 bits per heavy atom. The lowest BCUT2D eigenvalue weighted by Crippen LogP contribution is -2.03. The van der Waals surface area contributed by atoms with Crippen LogP contribution in [0, 0.1) is 6.92 Å². The van der Waals surface area contributed by atoms with Gasteiger partial charge in [0.25, 0.3) is 0 Å². The van der Waals surface area contributed by atoms with Crippen molar-refractivity contribution in [3.05, 3.63) is 85.8 Å². The zero-order chi connectivity index (χ0) is 20.1.